The first-order valence-corrected chi connectivity index (χ1v) is 4.15. The van der Waals surface area contributed by atoms with Gasteiger partial charge in [-0.3, -0.25) is 0 Å². The number of hydrogen-bond acceptors (Lipinski definition) is 3. The number of hydrogen-bond donors (Lipinski definition) is 1. The van der Waals surface area contributed by atoms with E-state index >= 15 is 0 Å². The summed E-state index contributed by atoms with van der Waals surface area (Å²) in [6, 6.07) is 3.82. The summed E-state index contributed by atoms with van der Waals surface area (Å²) >= 11 is 0. The SMILES string of the molecule is COc1ccc(CN)c(OC)c1C. The van der Waals surface area contributed by atoms with E-state index < -0.39 is 0 Å². The zero-order valence-corrected chi connectivity index (χ0v) is 8.26. The number of benzene rings is 1. The van der Waals surface area contributed by atoms with Gasteiger partial charge in [-0.2, -0.15) is 0 Å². The molecule has 72 valence electrons. The van der Waals surface area contributed by atoms with Gasteiger partial charge in [0.25, 0.3) is 0 Å². The Morgan fingerprint density at radius 3 is 2.38 bits per heavy atom. The maximum Gasteiger partial charge on any atom is 0.129 e. The highest BCUT2D eigenvalue weighted by Gasteiger charge is 2.09. The third-order valence-electron chi connectivity index (χ3n) is 2.08. The van der Waals surface area contributed by atoms with E-state index in [0.717, 1.165) is 22.6 Å². The van der Waals surface area contributed by atoms with Crippen molar-refractivity contribution in [1.82, 2.24) is 0 Å². The molecule has 0 amide bonds. The minimum absolute atomic E-state index is 0.480. The maximum absolute atomic E-state index is 5.57. The van der Waals surface area contributed by atoms with Crippen molar-refractivity contribution in [3.05, 3.63) is 23.3 Å². The van der Waals surface area contributed by atoms with Crippen molar-refractivity contribution in [2.24, 2.45) is 5.73 Å². The second-order valence-corrected chi connectivity index (χ2v) is 2.79. The molecule has 0 unspecified atom stereocenters. The van der Waals surface area contributed by atoms with E-state index in [-0.39, 0.29) is 0 Å². The summed E-state index contributed by atoms with van der Waals surface area (Å²) in [5.41, 5.74) is 7.56. The molecule has 0 aromatic heterocycles. The zero-order chi connectivity index (χ0) is 9.84. The van der Waals surface area contributed by atoms with Gasteiger partial charge in [0.05, 0.1) is 14.2 Å². The second kappa shape index (κ2) is 4.14. The number of rotatable bonds is 3. The number of nitrogens with two attached hydrogens (primary N) is 1. The van der Waals surface area contributed by atoms with E-state index in [1.807, 2.05) is 19.1 Å². The van der Waals surface area contributed by atoms with Crippen molar-refractivity contribution in [3.63, 3.8) is 0 Å². The van der Waals surface area contributed by atoms with Gasteiger partial charge in [-0.1, -0.05) is 6.07 Å². The fraction of sp³-hybridized carbons (Fsp3) is 0.400. The van der Waals surface area contributed by atoms with Gasteiger partial charge in [0.15, 0.2) is 0 Å². The molecule has 0 saturated heterocycles. The molecule has 2 N–H and O–H groups in total. The highest BCUT2D eigenvalue weighted by Crippen LogP contribution is 2.30. The lowest BCUT2D eigenvalue weighted by Crippen LogP contribution is -2.02. The molecule has 1 aromatic rings. The van der Waals surface area contributed by atoms with Crippen molar-refractivity contribution in [1.29, 1.82) is 0 Å². The van der Waals surface area contributed by atoms with E-state index in [2.05, 4.69) is 0 Å². The Balaban J connectivity index is 3.23. The molecule has 13 heavy (non-hydrogen) atoms. The molecular weight excluding hydrogens is 166 g/mol. The first kappa shape index (κ1) is 9.86. The van der Waals surface area contributed by atoms with Crippen molar-refractivity contribution in [3.8, 4) is 11.5 Å². The number of methoxy groups -OCH3 is 2. The molecule has 0 aliphatic rings. The van der Waals surface area contributed by atoms with Crippen molar-refractivity contribution in [2.45, 2.75) is 13.5 Å². The molecule has 0 spiro atoms. The van der Waals surface area contributed by atoms with Gasteiger partial charge >= 0.3 is 0 Å². The lowest BCUT2D eigenvalue weighted by Gasteiger charge is -2.12. The maximum atomic E-state index is 5.57. The van der Waals surface area contributed by atoms with Crippen LogP contribution < -0.4 is 15.2 Å². The zero-order valence-electron chi connectivity index (χ0n) is 8.26. The molecule has 0 aliphatic carbocycles. The Labute approximate surface area is 78.5 Å². The van der Waals surface area contributed by atoms with Crippen LogP contribution >= 0.6 is 0 Å². The standard InChI is InChI=1S/C10H15NO2/c1-7-9(12-2)5-4-8(6-11)10(7)13-3/h4-5H,6,11H2,1-3H3. The molecule has 1 rings (SSSR count). The quantitative estimate of drug-likeness (QED) is 0.768. The van der Waals surface area contributed by atoms with Gasteiger partial charge in [0.2, 0.25) is 0 Å². The van der Waals surface area contributed by atoms with Crippen LogP contribution in [-0.2, 0) is 6.54 Å². The number of ether oxygens (including phenoxy) is 2. The van der Waals surface area contributed by atoms with Crippen LogP contribution in [0.5, 0.6) is 11.5 Å². The Morgan fingerprint density at radius 1 is 1.23 bits per heavy atom. The lowest BCUT2D eigenvalue weighted by atomic mass is 10.1. The van der Waals surface area contributed by atoms with Gasteiger partial charge in [-0.25, -0.2) is 0 Å². The Morgan fingerprint density at radius 2 is 1.92 bits per heavy atom. The third kappa shape index (κ3) is 1.75. The van der Waals surface area contributed by atoms with E-state index in [1.165, 1.54) is 0 Å². The molecule has 1 aromatic carbocycles. The molecule has 0 aliphatic heterocycles. The highest BCUT2D eigenvalue weighted by atomic mass is 16.5. The van der Waals surface area contributed by atoms with Crippen LogP contribution in [-0.4, -0.2) is 14.2 Å². The van der Waals surface area contributed by atoms with Gasteiger partial charge in [-0.05, 0) is 13.0 Å². The summed E-state index contributed by atoms with van der Waals surface area (Å²) in [5.74, 6) is 1.65. The molecule has 0 heterocycles. The molecule has 0 bridgehead atoms. The average Bonchev–Trinajstić information content (AvgIpc) is 2.17. The van der Waals surface area contributed by atoms with Crippen molar-refractivity contribution < 1.29 is 9.47 Å². The normalized spacial score (nSPS) is 9.85. The predicted octanol–water partition coefficient (Wildman–Crippen LogP) is 1.47. The van der Waals surface area contributed by atoms with Crippen LogP contribution in [0.25, 0.3) is 0 Å². The minimum Gasteiger partial charge on any atom is -0.496 e. The van der Waals surface area contributed by atoms with Gasteiger partial charge in [0.1, 0.15) is 11.5 Å². The monoisotopic (exact) mass is 181 g/mol. The summed E-state index contributed by atoms with van der Waals surface area (Å²) in [4.78, 5) is 0. The van der Waals surface area contributed by atoms with Crippen molar-refractivity contribution in [2.75, 3.05) is 14.2 Å². The summed E-state index contributed by atoms with van der Waals surface area (Å²) < 4.78 is 10.4. The highest BCUT2D eigenvalue weighted by molar-refractivity contribution is 5.49. The largest absolute Gasteiger partial charge is 0.496 e. The molecular formula is C10H15NO2. The molecule has 3 heteroatoms. The summed E-state index contributed by atoms with van der Waals surface area (Å²) in [6.45, 7) is 2.44. The lowest BCUT2D eigenvalue weighted by molar-refractivity contribution is 0.385. The fourth-order valence-electron chi connectivity index (χ4n) is 1.40. The van der Waals surface area contributed by atoms with Gasteiger partial charge in [0, 0.05) is 17.7 Å². The van der Waals surface area contributed by atoms with Crippen LogP contribution in [0.3, 0.4) is 0 Å². The topological polar surface area (TPSA) is 44.5 Å². The van der Waals surface area contributed by atoms with Crippen LogP contribution in [0.2, 0.25) is 0 Å². The smallest absolute Gasteiger partial charge is 0.129 e. The first-order valence-electron chi connectivity index (χ1n) is 4.15. The van der Waals surface area contributed by atoms with Crippen LogP contribution in [0, 0.1) is 6.92 Å². The van der Waals surface area contributed by atoms with E-state index in [0.29, 0.717) is 6.54 Å². The molecule has 0 atom stereocenters. The summed E-state index contributed by atoms with van der Waals surface area (Å²) in [5, 5.41) is 0. The molecule has 0 fully saturated rings. The Hall–Kier alpha value is -1.22. The van der Waals surface area contributed by atoms with E-state index in [1.54, 1.807) is 14.2 Å². The molecule has 0 saturated carbocycles. The van der Waals surface area contributed by atoms with Crippen LogP contribution in [0.1, 0.15) is 11.1 Å². The van der Waals surface area contributed by atoms with E-state index in [4.69, 9.17) is 15.2 Å². The predicted molar refractivity (Wildman–Crippen MR) is 52.2 cm³/mol. The first-order chi connectivity index (χ1) is 6.24. The van der Waals surface area contributed by atoms with Crippen LogP contribution in [0.15, 0.2) is 12.1 Å². The van der Waals surface area contributed by atoms with Crippen LogP contribution in [0.4, 0.5) is 0 Å². The van der Waals surface area contributed by atoms with Gasteiger partial charge < -0.3 is 15.2 Å². The van der Waals surface area contributed by atoms with E-state index in [9.17, 15) is 0 Å². The third-order valence-corrected chi connectivity index (χ3v) is 2.08. The van der Waals surface area contributed by atoms with Crippen molar-refractivity contribution >= 4 is 0 Å². The Bertz CT molecular complexity index is 297. The second-order valence-electron chi connectivity index (χ2n) is 2.79. The average molecular weight is 181 g/mol. The molecule has 0 radical (unpaired) electrons. The Kier molecular flexibility index (Phi) is 3.14. The summed E-state index contributed by atoms with van der Waals surface area (Å²) in [6.07, 6.45) is 0. The fourth-order valence-corrected chi connectivity index (χ4v) is 1.40. The summed E-state index contributed by atoms with van der Waals surface area (Å²) in [7, 11) is 3.28. The van der Waals surface area contributed by atoms with Gasteiger partial charge in [-0.15, -0.1) is 0 Å². The molecule has 3 nitrogen and oxygen atoms in total. The minimum atomic E-state index is 0.480.